The van der Waals surface area contributed by atoms with Gasteiger partial charge in [0.15, 0.2) is 0 Å². The second-order valence-corrected chi connectivity index (χ2v) is 3.96. The van der Waals surface area contributed by atoms with Crippen LogP contribution in [-0.2, 0) is 4.79 Å². The summed E-state index contributed by atoms with van der Waals surface area (Å²) in [5.74, 6) is -1.12. The lowest BCUT2D eigenvalue weighted by atomic mass is 9.98. The van der Waals surface area contributed by atoms with E-state index < -0.39 is 5.97 Å². The number of hydrogen-bond acceptors (Lipinski definition) is 3. The smallest absolute Gasteiger partial charge is 0.328 e. The van der Waals surface area contributed by atoms with Gasteiger partial charge in [0.25, 0.3) is 0 Å². The summed E-state index contributed by atoms with van der Waals surface area (Å²) in [6.45, 7) is 0. The second-order valence-electron chi connectivity index (χ2n) is 3.96. The number of carboxylic acids is 1. The van der Waals surface area contributed by atoms with Gasteiger partial charge in [-0.15, -0.1) is 0 Å². The van der Waals surface area contributed by atoms with Gasteiger partial charge in [-0.3, -0.25) is 0 Å². The molecule has 0 saturated carbocycles. The molecular weight excluding hydrogens is 244 g/mol. The molecule has 0 saturated heterocycles. The molecule has 0 aromatic heterocycles. The SMILES string of the molecule is O=C(O)/C=C/c1ccccc1-c1ccc(O)cc1O. The molecule has 4 heteroatoms. The summed E-state index contributed by atoms with van der Waals surface area (Å²) in [6, 6.07) is 11.4. The predicted octanol–water partition coefficient (Wildman–Crippen LogP) is 2.86. The highest BCUT2D eigenvalue weighted by Gasteiger charge is 2.08. The molecule has 4 nitrogen and oxygen atoms in total. The van der Waals surface area contributed by atoms with E-state index in [-0.39, 0.29) is 11.5 Å². The first kappa shape index (κ1) is 12.7. The van der Waals surface area contributed by atoms with Crippen LogP contribution in [0.15, 0.2) is 48.5 Å². The maximum absolute atomic E-state index is 10.6. The highest BCUT2D eigenvalue weighted by atomic mass is 16.4. The third-order valence-electron chi connectivity index (χ3n) is 2.64. The van der Waals surface area contributed by atoms with Gasteiger partial charge >= 0.3 is 5.97 Å². The molecule has 3 N–H and O–H groups in total. The summed E-state index contributed by atoms with van der Waals surface area (Å²) >= 11 is 0. The van der Waals surface area contributed by atoms with Crippen molar-refractivity contribution in [3.63, 3.8) is 0 Å². The first-order valence-electron chi connectivity index (χ1n) is 5.60. The van der Waals surface area contributed by atoms with E-state index in [4.69, 9.17) is 5.11 Å². The van der Waals surface area contributed by atoms with Gasteiger partial charge in [-0.05, 0) is 29.3 Å². The zero-order chi connectivity index (χ0) is 13.8. The molecular formula is C15H12O4. The van der Waals surface area contributed by atoms with Crippen molar-refractivity contribution in [2.45, 2.75) is 0 Å². The minimum Gasteiger partial charge on any atom is -0.508 e. The minimum atomic E-state index is -1.04. The Bertz CT molecular complexity index is 644. The van der Waals surface area contributed by atoms with Gasteiger partial charge < -0.3 is 15.3 Å². The van der Waals surface area contributed by atoms with Gasteiger partial charge in [0, 0.05) is 17.7 Å². The molecule has 0 bridgehead atoms. The van der Waals surface area contributed by atoms with E-state index in [0.29, 0.717) is 16.7 Å². The third kappa shape index (κ3) is 2.93. The fourth-order valence-electron chi connectivity index (χ4n) is 1.80. The Morgan fingerprint density at radius 1 is 1.00 bits per heavy atom. The predicted molar refractivity (Wildman–Crippen MR) is 71.9 cm³/mol. The maximum atomic E-state index is 10.6. The van der Waals surface area contributed by atoms with Crippen molar-refractivity contribution in [1.82, 2.24) is 0 Å². The van der Waals surface area contributed by atoms with Gasteiger partial charge in [0.1, 0.15) is 11.5 Å². The number of hydrogen-bond donors (Lipinski definition) is 3. The van der Waals surface area contributed by atoms with Gasteiger partial charge in [0.05, 0.1) is 0 Å². The van der Waals surface area contributed by atoms with E-state index in [0.717, 1.165) is 6.08 Å². The second kappa shape index (κ2) is 5.27. The molecule has 0 atom stereocenters. The van der Waals surface area contributed by atoms with Crippen molar-refractivity contribution in [2.75, 3.05) is 0 Å². The van der Waals surface area contributed by atoms with Crippen molar-refractivity contribution in [2.24, 2.45) is 0 Å². The lowest BCUT2D eigenvalue weighted by Crippen LogP contribution is -1.88. The third-order valence-corrected chi connectivity index (χ3v) is 2.64. The first-order chi connectivity index (χ1) is 9.08. The fourth-order valence-corrected chi connectivity index (χ4v) is 1.80. The van der Waals surface area contributed by atoms with E-state index in [2.05, 4.69) is 0 Å². The van der Waals surface area contributed by atoms with Crippen LogP contribution >= 0.6 is 0 Å². The summed E-state index contributed by atoms with van der Waals surface area (Å²) in [6.07, 6.45) is 2.50. The molecule has 2 aromatic rings. The summed E-state index contributed by atoms with van der Waals surface area (Å²) in [5, 5.41) is 27.8. The number of phenolic OH excluding ortho intramolecular Hbond substituents is 2. The number of carbonyl (C=O) groups is 1. The molecule has 2 aromatic carbocycles. The molecule has 0 aliphatic carbocycles. The van der Waals surface area contributed by atoms with Gasteiger partial charge in [-0.1, -0.05) is 24.3 Å². The van der Waals surface area contributed by atoms with Crippen LogP contribution in [0.2, 0.25) is 0 Å². The van der Waals surface area contributed by atoms with Crippen LogP contribution in [0, 0.1) is 0 Å². The minimum absolute atomic E-state index is 0.0280. The van der Waals surface area contributed by atoms with Gasteiger partial charge in [-0.2, -0.15) is 0 Å². The van der Waals surface area contributed by atoms with Crippen LogP contribution in [-0.4, -0.2) is 21.3 Å². The summed E-state index contributed by atoms with van der Waals surface area (Å²) < 4.78 is 0. The molecule has 0 aliphatic heterocycles. The number of benzene rings is 2. The summed E-state index contributed by atoms with van der Waals surface area (Å²) in [4.78, 5) is 10.6. The standard InChI is InChI=1S/C15H12O4/c16-11-6-7-13(14(17)9-11)12-4-2-1-3-10(12)5-8-15(18)19/h1-9,16-17H,(H,18,19)/b8-5+. The van der Waals surface area contributed by atoms with Gasteiger partial charge in [-0.25, -0.2) is 4.79 Å². The number of rotatable bonds is 3. The monoisotopic (exact) mass is 256 g/mol. The number of aromatic hydroxyl groups is 2. The molecule has 0 fully saturated rings. The Morgan fingerprint density at radius 2 is 1.74 bits per heavy atom. The van der Waals surface area contributed by atoms with Gasteiger partial charge in [0.2, 0.25) is 0 Å². The van der Waals surface area contributed by atoms with Crippen molar-refractivity contribution in [3.8, 4) is 22.6 Å². The van der Waals surface area contributed by atoms with Crippen molar-refractivity contribution in [1.29, 1.82) is 0 Å². The largest absolute Gasteiger partial charge is 0.508 e. The highest BCUT2D eigenvalue weighted by molar-refractivity contribution is 5.88. The van der Waals surface area contributed by atoms with Crippen LogP contribution in [0.25, 0.3) is 17.2 Å². The number of phenols is 2. The van der Waals surface area contributed by atoms with Crippen LogP contribution in [0.5, 0.6) is 11.5 Å². The fraction of sp³-hybridized carbons (Fsp3) is 0. The highest BCUT2D eigenvalue weighted by Crippen LogP contribution is 2.34. The topological polar surface area (TPSA) is 77.8 Å². The van der Waals surface area contributed by atoms with E-state index in [9.17, 15) is 15.0 Å². The summed E-state index contributed by atoms with van der Waals surface area (Å²) in [5.41, 5.74) is 1.90. The zero-order valence-electron chi connectivity index (χ0n) is 9.95. The molecule has 19 heavy (non-hydrogen) atoms. The molecule has 0 heterocycles. The van der Waals surface area contributed by atoms with Crippen LogP contribution < -0.4 is 0 Å². The van der Waals surface area contributed by atoms with Crippen LogP contribution in [0.1, 0.15) is 5.56 Å². The maximum Gasteiger partial charge on any atom is 0.328 e. The van der Waals surface area contributed by atoms with Crippen molar-refractivity contribution >= 4 is 12.0 Å². The normalized spacial score (nSPS) is 10.7. The van der Waals surface area contributed by atoms with Crippen LogP contribution in [0.4, 0.5) is 0 Å². The molecule has 0 spiro atoms. The van der Waals surface area contributed by atoms with E-state index >= 15 is 0 Å². The number of carboxylic acid groups (broad SMARTS) is 1. The molecule has 0 amide bonds. The van der Waals surface area contributed by atoms with Crippen molar-refractivity contribution in [3.05, 3.63) is 54.1 Å². The Kier molecular flexibility index (Phi) is 3.52. The van der Waals surface area contributed by atoms with E-state index in [1.165, 1.54) is 18.2 Å². The Balaban J connectivity index is 2.53. The molecule has 0 aliphatic rings. The quantitative estimate of drug-likeness (QED) is 0.738. The lowest BCUT2D eigenvalue weighted by molar-refractivity contribution is -0.131. The van der Waals surface area contributed by atoms with Crippen LogP contribution in [0.3, 0.4) is 0 Å². The van der Waals surface area contributed by atoms with Crippen molar-refractivity contribution < 1.29 is 20.1 Å². The number of aliphatic carboxylic acids is 1. The van der Waals surface area contributed by atoms with E-state index in [1.54, 1.807) is 30.3 Å². The molecule has 0 radical (unpaired) electrons. The summed E-state index contributed by atoms with van der Waals surface area (Å²) in [7, 11) is 0. The molecule has 96 valence electrons. The lowest BCUT2D eigenvalue weighted by Gasteiger charge is -2.08. The average molecular weight is 256 g/mol. The average Bonchev–Trinajstić information content (AvgIpc) is 2.37. The van der Waals surface area contributed by atoms with E-state index in [1.807, 2.05) is 0 Å². The Labute approximate surface area is 109 Å². The Hall–Kier alpha value is -2.75. The zero-order valence-corrected chi connectivity index (χ0v) is 9.95. The Morgan fingerprint density at radius 3 is 2.42 bits per heavy atom. The molecule has 2 rings (SSSR count). The first-order valence-corrected chi connectivity index (χ1v) is 5.60. The molecule has 0 unspecified atom stereocenters.